The molecule has 1 aromatic rings. The van der Waals surface area contributed by atoms with Crippen LogP contribution in [0.2, 0.25) is 0 Å². The van der Waals surface area contributed by atoms with Gasteiger partial charge in [0.2, 0.25) is 0 Å². The molecule has 0 aliphatic heterocycles. The molecule has 18 heavy (non-hydrogen) atoms. The molecule has 4 heteroatoms. The summed E-state index contributed by atoms with van der Waals surface area (Å²) in [5, 5.41) is 3.02. The van der Waals surface area contributed by atoms with Crippen molar-refractivity contribution in [3.05, 3.63) is 29.8 Å². The number of anilines is 1. The number of benzene rings is 1. The van der Waals surface area contributed by atoms with Gasteiger partial charge in [-0.2, -0.15) is 0 Å². The van der Waals surface area contributed by atoms with E-state index in [1.54, 1.807) is 0 Å². The topological polar surface area (TPSA) is 58.4 Å². The fourth-order valence-corrected chi connectivity index (χ4v) is 1.84. The van der Waals surface area contributed by atoms with E-state index in [-0.39, 0.29) is 12.1 Å². The summed E-state index contributed by atoms with van der Waals surface area (Å²) in [6.07, 6.45) is 2.20. The van der Waals surface area contributed by atoms with Gasteiger partial charge in [0, 0.05) is 24.3 Å². The Balaban J connectivity index is 2.05. The summed E-state index contributed by atoms with van der Waals surface area (Å²) in [6.45, 7) is 4.60. The number of para-hydroxylation sites is 1. The molecular formula is C14H21N3O. The normalized spacial score (nSPS) is 14.6. The summed E-state index contributed by atoms with van der Waals surface area (Å²) in [5.41, 5.74) is 7.66. The number of rotatable bonds is 4. The van der Waals surface area contributed by atoms with Gasteiger partial charge in [0.1, 0.15) is 0 Å². The lowest BCUT2D eigenvalue weighted by molar-refractivity contribution is 0.179. The van der Waals surface area contributed by atoms with Crippen molar-refractivity contribution in [2.75, 3.05) is 5.73 Å². The first kappa shape index (κ1) is 12.7. The van der Waals surface area contributed by atoms with Gasteiger partial charge < -0.3 is 16.0 Å². The van der Waals surface area contributed by atoms with Crippen LogP contribution in [0.5, 0.6) is 0 Å². The van der Waals surface area contributed by atoms with Gasteiger partial charge in [-0.25, -0.2) is 4.79 Å². The Bertz CT molecular complexity index is 427. The molecule has 1 aliphatic carbocycles. The van der Waals surface area contributed by atoms with E-state index in [1.807, 2.05) is 43.0 Å². The second kappa shape index (κ2) is 5.29. The predicted octanol–water partition coefficient (Wildman–Crippen LogP) is 2.35. The summed E-state index contributed by atoms with van der Waals surface area (Å²) in [4.78, 5) is 13.9. The molecule has 2 amide bonds. The highest BCUT2D eigenvalue weighted by Crippen LogP contribution is 2.20. The zero-order valence-corrected chi connectivity index (χ0v) is 11.0. The molecule has 0 bridgehead atoms. The van der Waals surface area contributed by atoms with Gasteiger partial charge in [0.25, 0.3) is 0 Å². The van der Waals surface area contributed by atoms with Gasteiger partial charge in [-0.3, -0.25) is 0 Å². The van der Waals surface area contributed by atoms with Crippen molar-refractivity contribution in [1.82, 2.24) is 10.2 Å². The van der Waals surface area contributed by atoms with Crippen LogP contribution in [-0.4, -0.2) is 23.0 Å². The van der Waals surface area contributed by atoms with Crippen molar-refractivity contribution in [2.45, 2.75) is 45.3 Å². The van der Waals surface area contributed by atoms with Gasteiger partial charge in [0.05, 0.1) is 0 Å². The van der Waals surface area contributed by atoms with Crippen LogP contribution in [-0.2, 0) is 6.54 Å². The number of urea groups is 1. The maximum absolute atomic E-state index is 12.1. The maximum Gasteiger partial charge on any atom is 0.318 e. The molecule has 0 saturated heterocycles. The molecule has 0 aromatic heterocycles. The molecule has 2 rings (SSSR count). The fraction of sp³-hybridized carbons (Fsp3) is 0.500. The summed E-state index contributed by atoms with van der Waals surface area (Å²) < 4.78 is 0. The molecule has 0 unspecified atom stereocenters. The standard InChI is InChI=1S/C14H21N3O/c1-10(2)17(14(18)16-12-7-8-12)9-11-5-3-4-6-13(11)15/h3-6,10,12H,7-9,15H2,1-2H3,(H,16,18). The lowest BCUT2D eigenvalue weighted by Gasteiger charge is -2.27. The van der Waals surface area contributed by atoms with Crippen molar-refractivity contribution in [3.63, 3.8) is 0 Å². The fourth-order valence-electron chi connectivity index (χ4n) is 1.84. The highest BCUT2D eigenvalue weighted by atomic mass is 16.2. The first-order valence-corrected chi connectivity index (χ1v) is 6.48. The lowest BCUT2D eigenvalue weighted by Crippen LogP contribution is -2.44. The van der Waals surface area contributed by atoms with Crippen LogP contribution in [0.15, 0.2) is 24.3 Å². The second-order valence-electron chi connectivity index (χ2n) is 5.14. The largest absolute Gasteiger partial charge is 0.398 e. The average molecular weight is 247 g/mol. The molecular weight excluding hydrogens is 226 g/mol. The Morgan fingerprint density at radius 1 is 1.44 bits per heavy atom. The predicted molar refractivity (Wildman–Crippen MR) is 73.1 cm³/mol. The van der Waals surface area contributed by atoms with Crippen LogP contribution in [0.4, 0.5) is 10.5 Å². The molecule has 1 aliphatic rings. The van der Waals surface area contributed by atoms with Crippen molar-refractivity contribution in [3.8, 4) is 0 Å². The molecule has 0 heterocycles. The number of hydrogen-bond acceptors (Lipinski definition) is 2. The summed E-state index contributed by atoms with van der Waals surface area (Å²) in [5.74, 6) is 0. The van der Waals surface area contributed by atoms with Crippen LogP contribution in [0.25, 0.3) is 0 Å². The van der Waals surface area contributed by atoms with Crippen molar-refractivity contribution in [1.29, 1.82) is 0 Å². The van der Waals surface area contributed by atoms with E-state index in [0.29, 0.717) is 12.6 Å². The number of hydrogen-bond donors (Lipinski definition) is 2. The maximum atomic E-state index is 12.1. The van der Waals surface area contributed by atoms with E-state index < -0.39 is 0 Å². The van der Waals surface area contributed by atoms with Gasteiger partial charge >= 0.3 is 6.03 Å². The Labute approximate surface area is 108 Å². The van der Waals surface area contributed by atoms with Crippen LogP contribution in [0, 0.1) is 0 Å². The third-order valence-corrected chi connectivity index (χ3v) is 3.18. The molecule has 98 valence electrons. The zero-order valence-electron chi connectivity index (χ0n) is 11.0. The van der Waals surface area contributed by atoms with Gasteiger partial charge in [0.15, 0.2) is 0 Å². The minimum atomic E-state index is 0.00996. The van der Waals surface area contributed by atoms with E-state index >= 15 is 0 Å². The molecule has 0 atom stereocenters. The number of carbonyl (C=O) groups excluding carboxylic acids is 1. The molecule has 1 fully saturated rings. The highest BCUT2D eigenvalue weighted by Gasteiger charge is 2.27. The Morgan fingerprint density at radius 2 is 2.11 bits per heavy atom. The molecule has 0 radical (unpaired) electrons. The van der Waals surface area contributed by atoms with Gasteiger partial charge in [-0.15, -0.1) is 0 Å². The van der Waals surface area contributed by atoms with Gasteiger partial charge in [-0.1, -0.05) is 18.2 Å². The van der Waals surface area contributed by atoms with Crippen molar-refractivity contribution in [2.24, 2.45) is 0 Å². The van der Waals surface area contributed by atoms with E-state index in [2.05, 4.69) is 5.32 Å². The first-order chi connectivity index (χ1) is 8.58. The molecule has 0 spiro atoms. The number of nitrogens with zero attached hydrogens (tertiary/aromatic N) is 1. The molecule has 1 aromatic carbocycles. The van der Waals surface area contributed by atoms with E-state index in [1.165, 1.54) is 0 Å². The van der Waals surface area contributed by atoms with Crippen LogP contribution >= 0.6 is 0 Å². The Hall–Kier alpha value is -1.71. The number of amides is 2. The quantitative estimate of drug-likeness (QED) is 0.802. The number of carbonyl (C=O) groups is 1. The number of nitrogens with one attached hydrogen (secondary N) is 1. The van der Waals surface area contributed by atoms with E-state index in [0.717, 1.165) is 24.1 Å². The van der Waals surface area contributed by atoms with E-state index in [9.17, 15) is 4.79 Å². The smallest absolute Gasteiger partial charge is 0.318 e. The minimum absolute atomic E-state index is 0.00996. The number of nitrogen functional groups attached to an aromatic ring is 1. The molecule has 4 nitrogen and oxygen atoms in total. The van der Waals surface area contributed by atoms with Gasteiger partial charge in [-0.05, 0) is 38.3 Å². The Morgan fingerprint density at radius 3 is 2.67 bits per heavy atom. The molecule has 3 N–H and O–H groups in total. The third-order valence-electron chi connectivity index (χ3n) is 3.18. The SMILES string of the molecule is CC(C)N(Cc1ccccc1N)C(=O)NC1CC1. The first-order valence-electron chi connectivity index (χ1n) is 6.48. The third kappa shape index (κ3) is 3.15. The second-order valence-corrected chi connectivity index (χ2v) is 5.14. The monoisotopic (exact) mass is 247 g/mol. The van der Waals surface area contributed by atoms with Crippen LogP contribution in [0.1, 0.15) is 32.3 Å². The highest BCUT2D eigenvalue weighted by molar-refractivity contribution is 5.75. The number of nitrogens with two attached hydrogens (primary N) is 1. The van der Waals surface area contributed by atoms with Crippen molar-refractivity contribution >= 4 is 11.7 Å². The summed E-state index contributed by atoms with van der Waals surface area (Å²) >= 11 is 0. The lowest BCUT2D eigenvalue weighted by atomic mass is 10.1. The Kier molecular flexibility index (Phi) is 3.75. The van der Waals surface area contributed by atoms with Crippen LogP contribution in [0.3, 0.4) is 0 Å². The van der Waals surface area contributed by atoms with Crippen molar-refractivity contribution < 1.29 is 4.79 Å². The minimum Gasteiger partial charge on any atom is -0.398 e. The van der Waals surface area contributed by atoms with Crippen LogP contribution < -0.4 is 11.1 Å². The zero-order chi connectivity index (χ0) is 13.1. The average Bonchev–Trinajstić information content (AvgIpc) is 3.11. The summed E-state index contributed by atoms with van der Waals surface area (Å²) in [7, 11) is 0. The molecule has 1 saturated carbocycles. The van der Waals surface area contributed by atoms with E-state index in [4.69, 9.17) is 5.73 Å². The summed E-state index contributed by atoms with van der Waals surface area (Å²) in [6, 6.07) is 8.24.